The van der Waals surface area contributed by atoms with Crippen LogP contribution in [0.1, 0.15) is 49.3 Å². The fraction of sp³-hybridized carbons (Fsp3) is 0.576. The van der Waals surface area contributed by atoms with E-state index in [1.54, 1.807) is 4.90 Å². The van der Waals surface area contributed by atoms with Crippen LogP contribution in [0.15, 0.2) is 48.5 Å². The lowest BCUT2D eigenvalue weighted by Gasteiger charge is -2.37. The molecule has 0 aliphatic carbocycles. The molecule has 3 heterocycles. The molecular formula is C33H47N3O5Si. The molecule has 2 aromatic carbocycles. The largest absolute Gasteiger partial charge is 0.432 e. The molecule has 228 valence electrons. The van der Waals surface area contributed by atoms with E-state index in [9.17, 15) is 19.5 Å². The Labute approximate surface area is 251 Å². The van der Waals surface area contributed by atoms with Crippen molar-refractivity contribution in [3.63, 3.8) is 0 Å². The molecule has 3 aliphatic heterocycles. The minimum atomic E-state index is -2.63. The number of aliphatic hydroxyl groups excluding tert-OH is 1. The number of nitrogens with one attached hydrogen (secondary N) is 2. The van der Waals surface area contributed by atoms with Crippen molar-refractivity contribution < 1.29 is 24.2 Å². The predicted molar refractivity (Wildman–Crippen MR) is 166 cm³/mol. The minimum Gasteiger partial charge on any atom is -0.432 e. The molecule has 6 atom stereocenters. The number of amides is 2. The van der Waals surface area contributed by atoms with Crippen LogP contribution in [0.4, 0.5) is 5.69 Å². The van der Waals surface area contributed by atoms with Crippen LogP contribution in [0.3, 0.4) is 0 Å². The molecule has 3 aliphatic rings. The number of rotatable bonds is 9. The summed E-state index contributed by atoms with van der Waals surface area (Å²) in [5.41, 5.74) is 4.23. The van der Waals surface area contributed by atoms with E-state index in [4.69, 9.17) is 4.74 Å². The van der Waals surface area contributed by atoms with E-state index in [1.807, 2.05) is 37.4 Å². The average molecular weight is 594 g/mol. The minimum absolute atomic E-state index is 0.0202. The zero-order valence-corrected chi connectivity index (χ0v) is 26.2. The van der Waals surface area contributed by atoms with Gasteiger partial charge in [-0.3, -0.25) is 9.59 Å². The second kappa shape index (κ2) is 13.4. The summed E-state index contributed by atoms with van der Waals surface area (Å²) < 4.78 is 6.58. The molecule has 0 spiro atoms. The van der Waals surface area contributed by atoms with Crippen molar-refractivity contribution in [1.29, 1.82) is 0 Å². The number of ether oxygens (including phenoxy) is 1. The van der Waals surface area contributed by atoms with Crippen molar-refractivity contribution in [2.75, 3.05) is 25.0 Å². The Morgan fingerprint density at radius 2 is 1.83 bits per heavy atom. The molecule has 0 aromatic heterocycles. The summed E-state index contributed by atoms with van der Waals surface area (Å²) in [5.74, 6) is 0.204. The smallest absolute Gasteiger partial charge is 0.228 e. The van der Waals surface area contributed by atoms with Crippen molar-refractivity contribution in [1.82, 2.24) is 10.2 Å². The first-order valence-corrected chi connectivity index (χ1v) is 18.6. The number of benzene rings is 2. The average Bonchev–Trinajstić information content (AvgIpc) is 3.31. The van der Waals surface area contributed by atoms with Gasteiger partial charge in [0.05, 0.1) is 37.2 Å². The third-order valence-electron chi connectivity index (χ3n) is 9.59. The van der Waals surface area contributed by atoms with E-state index in [1.165, 1.54) is 5.56 Å². The number of carbonyl (C=O) groups is 2. The topological polar surface area (TPSA) is 111 Å². The molecule has 2 amide bonds. The fourth-order valence-electron chi connectivity index (χ4n) is 7.32. The number of anilines is 1. The number of aliphatic hydroxyl groups is 1. The van der Waals surface area contributed by atoms with E-state index in [-0.39, 0.29) is 60.5 Å². The lowest BCUT2D eigenvalue weighted by Crippen LogP contribution is -2.48. The Hall–Kier alpha value is -2.56. The van der Waals surface area contributed by atoms with Crippen molar-refractivity contribution in [3.05, 3.63) is 65.2 Å². The number of fused-ring (bicyclic) bond motifs is 1. The Morgan fingerprint density at radius 3 is 2.50 bits per heavy atom. The Balaban J connectivity index is 1.19. The third-order valence-corrected chi connectivity index (χ3v) is 12.1. The van der Waals surface area contributed by atoms with E-state index >= 15 is 0 Å². The maximum Gasteiger partial charge on any atom is 0.228 e. The molecule has 0 saturated carbocycles. The Kier molecular flexibility index (Phi) is 9.84. The molecule has 5 rings (SSSR count). The van der Waals surface area contributed by atoms with Gasteiger partial charge in [0.2, 0.25) is 11.8 Å². The zero-order chi connectivity index (χ0) is 29.9. The lowest BCUT2D eigenvalue weighted by atomic mass is 9.93. The van der Waals surface area contributed by atoms with Gasteiger partial charge >= 0.3 is 0 Å². The molecule has 2 saturated heterocycles. The molecule has 42 heavy (non-hydrogen) atoms. The maximum absolute atomic E-state index is 13.6. The monoisotopic (exact) mass is 593 g/mol. The van der Waals surface area contributed by atoms with Gasteiger partial charge < -0.3 is 30.2 Å². The normalized spacial score (nSPS) is 27.9. The maximum atomic E-state index is 13.6. The predicted octanol–water partition coefficient (Wildman–Crippen LogP) is 3.86. The van der Waals surface area contributed by atoms with Crippen LogP contribution in [0.25, 0.3) is 0 Å². The first kappa shape index (κ1) is 30.9. The van der Waals surface area contributed by atoms with Gasteiger partial charge in [0.15, 0.2) is 8.32 Å². The fourth-order valence-corrected chi connectivity index (χ4v) is 9.93. The Bertz CT molecular complexity index is 1230. The van der Waals surface area contributed by atoms with E-state index in [2.05, 4.69) is 41.8 Å². The van der Waals surface area contributed by atoms with E-state index < -0.39 is 8.32 Å². The molecule has 0 bridgehead atoms. The highest BCUT2D eigenvalue weighted by atomic mass is 28.4. The number of carbonyl (C=O) groups excluding carboxylic acids is 2. The van der Waals surface area contributed by atoms with Crippen molar-refractivity contribution in [2.45, 2.75) is 88.9 Å². The van der Waals surface area contributed by atoms with Crippen LogP contribution in [0.2, 0.25) is 18.6 Å². The van der Waals surface area contributed by atoms with Gasteiger partial charge in [0.25, 0.3) is 0 Å². The number of piperidine rings is 1. The summed E-state index contributed by atoms with van der Waals surface area (Å²) in [6, 6.07) is 15.9. The Morgan fingerprint density at radius 1 is 1.10 bits per heavy atom. The lowest BCUT2D eigenvalue weighted by molar-refractivity contribution is -0.138. The molecular weight excluding hydrogens is 546 g/mol. The number of hydrogen-bond donors (Lipinski definition) is 4. The summed E-state index contributed by atoms with van der Waals surface area (Å²) >= 11 is 0. The van der Waals surface area contributed by atoms with Crippen molar-refractivity contribution in [2.24, 2.45) is 11.8 Å². The molecule has 4 N–H and O–H groups in total. The number of aryl methyl sites for hydroxylation is 1. The molecule has 9 heteroatoms. The summed E-state index contributed by atoms with van der Waals surface area (Å²) in [6.45, 7) is 8.17. The van der Waals surface area contributed by atoms with Crippen LogP contribution in [0.5, 0.6) is 0 Å². The third kappa shape index (κ3) is 7.14. The van der Waals surface area contributed by atoms with Crippen molar-refractivity contribution >= 4 is 25.8 Å². The van der Waals surface area contributed by atoms with Gasteiger partial charge in [-0.1, -0.05) is 43.3 Å². The van der Waals surface area contributed by atoms with Crippen LogP contribution in [-0.2, 0) is 33.7 Å². The first-order valence-electron chi connectivity index (χ1n) is 15.6. The zero-order valence-electron chi connectivity index (χ0n) is 25.2. The standard InChI is InChI=1S/C33H47N3O5Si/c1-22-29(15-12-23-10-13-27(14-11-23)35-33(39)25-9-6-16-34-19-25)41-30(32(22)42(2,3)40)18-31(38)36-20-26-8-5-4-7-24(26)17-28(36)21-37/h4-5,7-8,10-11,13-14,22,25,28-30,32,34,37,40H,6,9,12,15-21H2,1-3H3,(H,35,39)/t22-,25?,28-,29+,30-,32+/m0/s1. The van der Waals surface area contributed by atoms with Crippen molar-refractivity contribution in [3.8, 4) is 0 Å². The molecule has 1 unspecified atom stereocenters. The van der Waals surface area contributed by atoms with E-state index in [0.717, 1.165) is 55.6 Å². The van der Waals surface area contributed by atoms with Gasteiger partial charge in [0, 0.05) is 24.3 Å². The number of nitrogens with zero attached hydrogens (tertiary/aromatic N) is 1. The molecule has 2 aromatic rings. The van der Waals surface area contributed by atoms with Crippen LogP contribution >= 0.6 is 0 Å². The second-order valence-electron chi connectivity index (χ2n) is 13.1. The molecule has 8 nitrogen and oxygen atoms in total. The van der Waals surface area contributed by atoms with Gasteiger partial charge in [-0.05, 0) is 86.5 Å². The highest BCUT2D eigenvalue weighted by Gasteiger charge is 2.50. The summed E-state index contributed by atoms with van der Waals surface area (Å²) in [5, 5.41) is 16.4. The van der Waals surface area contributed by atoms with Gasteiger partial charge in [-0.2, -0.15) is 0 Å². The quantitative estimate of drug-likeness (QED) is 0.329. The van der Waals surface area contributed by atoms with Crippen LogP contribution < -0.4 is 10.6 Å². The van der Waals surface area contributed by atoms with E-state index in [0.29, 0.717) is 13.0 Å². The molecule has 2 fully saturated rings. The molecule has 0 radical (unpaired) electrons. The van der Waals surface area contributed by atoms with Gasteiger partial charge in [-0.15, -0.1) is 0 Å². The van der Waals surface area contributed by atoms with Gasteiger partial charge in [-0.25, -0.2) is 0 Å². The first-order chi connectivity index (χ1) is 20.1. The highest BCUT2D eigenvalue weighted by Crippen LogP contribution is 2.46. The summed E-state index contributed by atoms with van der Waals surface area (Å²) in [4.78, 5) is 39.3. The number of hydrogen-bond acceptors (Lipinski definition) is 6. The summed E-state index contributed by atoms with van der Waals surface area (Å²) in [6.07, 6.45) is 4.02. The SMILES string of the molecule is C[C@@H]1[C@@H]([Si](C)(C)O)[C@H](CC(=O)N2Cc3ccccc3C[C@H]2CO)O[C@@H]1CCc1ccc(NC(=O)C2CCCNC2)cc1. The van der Waals surface area contributed by atoms with Crippen LogP contribution in [0, 0.1) is 11.8 Å². The van der Waals surface area contributed by atoms with Crippen LogP contribution in [-0.4, -0.2) is 72.9 Å². The van der Waals surface area contributed by atoms with Gasteiger partial charge in [0.1, 0.15) is 0 Å². The summed E-state index contributed by atoms with van der Waals surface area (Å²) in [7, 11) is -2.63. The second-order valence-corrected chi connectivity index (χ2v) is 17.0. The highest BCUT2D eigenvalue weighted by molar-refractivity contribution is 6.71.